The lowest BCUT2D eigenvalue weighted by Gasteiger charge is -2.28. The van der Waals surface area contributed by atoms with Crippen molar-refractivity contribution in [1.29, 1.82) is 0 Å². The molecule has 1 aromatic carbocycles. The van der Waals surface area contributed by atoms with Crippen molar-refractivity contribution in [3.8, 4) is 0 Å². The van der Waals surface area contributed by atoms with E-state index in [1.165, 1.54) is 18.2 Å². The van der Waals surface area contributed by atoms with Crippen LogP contribution in [0.3, 0.4) is 0 Å². The second kappa shape index (κ2) is 7.99. The topological polar surface area (TPSA) is 67.4 Å². The van der Waals surface area contributed by atoms with Crippen molar-refractivity contribution in [2.24, 2.45) is 5.92 Å². The van der Waals surface area contributed by atoms with Crippen LogP contribution in [-0.4, -0.2) is 25.2 Å². The van der Waals surface area contributed by atoms with Crippen LogP contribution < -0.4 is 10.6 Å². The highest BCUT2D eigenvalue weighted by molar-refractivity contribution is 5.84. The number of fused-ring (bicyclic) bond motifs is 1. The third-order valence-corrected chi connectivity index (χ3v) is 4.63. The maximum atomic E-state index is 12.3. The second-order valence-electron chi connectivity index (χ2n) is 6.15. The van der Waals surface area contributed by atoms with Gasteiger partial charge in [-0.2, -0.15) is 0 Å². The minimum Gasteiger partial charge on any atom is -0.467 e. The number of hydrogen-bond donors (Lipinski definition) is 2. The summed E-state index contributed by atoms with van der Waals surface area (Å²) in [6.07, 6.45) is 3.80. The van der Waals surface area contributed by atoms with Crippen LogP contribution in [0, 0.1) is 5.92 Å². The van der Waals surface area contributed by atoms with Gasteiger partial charge in [0.15, 0.2) is 0 Å². The molecule has 0 saturated carbocycles. The van der Waals surface area contributed by atoms with Gasteiger partial charge in [0.25, 0.3) is 0 Å². The third-order valence-electron chi connectivity index (χ3n) is 4.63. The first-order valence-corrected chi connectivity index (χ1v) is 8.29. The fourth-order valence-corrected chi connectivity index (χ4v) is 3.04. The minimum atomic E-state index is -0.621. The van der Waals surface area contributed by atoms with Gasteiger partial charge in [-0.05, 0) is 36.3 Å². The molecular formula is C18H26N2O3. The number of esters is 1. The van der Waals surface area contributed by atoms with E-state index >= 15 is 0 Å². The summed E-state index contributed by atoms with van der Waals surface area (Å²) in [6, 6.07) is 7.25. The molecule has 0 bridgehead atoms. The molecule has 2 N–H and O–H groups in total. The number of urea groups is 1. The molecule has 0 aliphatic heterocycles. The zero-order valence-electron chi connectivity index (χ0n) is 14.1. The fourth-order valence-electron chi connectivity index (χ4n) is 3.04. The second-order valence-corrected chi connectivity index (χ2v) is 6.15. The minimum absolute atomic E-state index is 0.00446. The lowest BCUT2D eigenvalue weighted by atomic mass is 9.88. The molecule has 0 heterocycles. The van der Waals surface area contributed by atoms with E-state index in [0.29, 0.717) is 0 Å². The van der Waals surface area contributed by atoms with Crippen LogP contribution in [-0.2, 0) is 16.0 Å². The molecule has 5 heteroatoms. The Morgan fingerprint density at radius 3 is 2.78 bits per heavy atom. The van der Waals surface area contributed by atoms with Crippen LogP contribution in [0.2, 0.25) is 0 Å². The Bertz CT molecular complexity index is 559. The molecule has 2 amide bonds. The largest absolute Gasteiger partial charge is 0.467 e. The number of benzene rings is 1. The van der Waals surface area contributed by atoms with E-state index in [4.69, 9.17) is 4.74 Å². The number of amides is 2. The highest BCUT2D eigenvalue weighted by atomic mass is 16.5. The molecule has 1 aromatic rings. The number of ether oxygens (including phenoxy) is 1. The van der Waals surface area contributed by atoms with Gasteiger partial charge in [0, 0.05) is 0 Å². The van der Waals surface area contributed by atoms with Crippen molar-refractivity contribution < 1.29 is 14.3 Å². The molecule has 126 valence electrons. The fraction of sp³-hybridized carbons (Fsp3) is 0.556. The Balaban J connectivity index is 2.03. The normalized spacial score (nSPS) is 19.2. The monoisotopic (exact) mass is 318 g/mol. The molecule has 1 aliphatic carbocycles. The van der Waals surface area contributed by atoms with Gasteiger partial charge in [-0.3, -0.25) is 0 Å². The summed E-state index contributed by atoms with van der Waals surface area (Å²) in [4.78, 5) is 24.2. The summed E-state index contributed by atoms with van der Waals surface area (Å²) in [7, 11) is 1.34. The standard InChI is InChI=1S/C18H26N2O3/c1-4-12(2)16(17(21)23-3)20-18(22)19-15-11-7-9-13-8-5-6-10-14(13)15/h5-6,8,10,12,15-16H,4,7,9,11H2,1-3H3,(H2,19,20,22)/t12-,15-,16+/m0/s1. The quantitative estimate of drug-likeness (QED) is 0.820. The number of carbonyl (C=O) groups excluding carboxylic acids is 2. The highest BCUT2D eigenvalue weighted by Gasteiger charge is 2.28. The van der Waals surface area contributed by atoms with Gasteiger partial charge in [-0.15, -0.1) is 0 Å². The molecule has 0 saturated heterocycles. The van der Waals surface area contributed by atoms with Crippen molar-refractivity contribution in [2.45, 2.75) is 51.6 Å². The maximum absolute atomic E-state index is 12.3. The molecule has 0 aromatic heterocycles. The smallest absolute Gasteiger partial charge is 0.328 e. The Kier molecular flexibility index (Phi) is 6.02. The van der Waals surface area contributed by atoms with Gasteiger partial charge in [-0.1, -0.05) is 44.5 Å². The zero-order chi connectivity index (χ0) is 16.8. The summed E-state index contributed by atoms with van der Waals surface area (Å²) in [6.45, 7) is 3.91. The average Bonchev–Trinajstić information content (AvgIpc) is 2.58. The van der Waals surface area contributed by atoms with Gasteiger partial charge in [0.05, 0.1) is 13.2 Å². The molecule has 1 aliphatic rings. The van der Waals surface area contributed by atoms with Gasteiger partial charge < -0.3 is 15.4 Å². The lowest BCUT2D eigenvalue weighted by Crippen LogP contribution is -2.50. The van der Waals surface area contributed by atoms with E-state index < -0.39 is 12.0 Å². The molecule has 2 rings (SSSR count). The molecule has 0 spiro atoms. The van der Waals surface area contributed by atoms with Crippen LogP contribution >= 0.6 is 0 Å². The first-order chi connectivity index (χ1) is 11.1. The van der Waals surface area contributed by atoms with Crippen molar-refractivity contribution >= 4 is 12.0 Å². The summed E-state index contributed by atoms with van der Waals surface area (Å²) >= 11 is 0. The average molecular weight is 318 g/mol. The summed E-state index contributed by atoms with van der Waals surface area (Å²) in [5, 5.41) is 5.78. The summed E-state index contributed by atoms with van der Waals surface area (Å²) < 4.78 is 4.80. The zero-order valence-corrected chi connectivity index (χ0v) is 14.1. The van der Waals surface area contributed by atoms with Crippen molar-refractivity contribution in [3.05, 3.63) is 35.4 Å². The van der Waals surface area contributed by atoms with Crippen molar-refractivity contribution in [3.63, 3.8) is 0 Å². The number of nitrogens with one attached hydrogen (secondary N) is 2. The Morgan fingerprint density at radius 2 is 2.09 bits per heavy atom. The SMILES string of the molecule is CC[C@H](C)[C@@H](NC(=O)N[C@H]1CCCc2ccccc21)C(=O)OC. The van der Waals surface area contributed by atoms with E-state index in [-0.39, 0.29) is 18.0 Å². The van der Waals surface area contributed by atoms with Gasteiger partial charge >= 0.3 is 12.0 Å². The van der Waals surface area contributed by atoms with Crippen LogP contribution in [0.1, 0.15) is 50.3 Å². The molecule has 0 radical (unpaired) electrons. The lowest BCUT2D eigenvalue weighted by molar-refractivity contribution is -0.144. The summed E-state index contributed by atoms with van der Waals surface area (Å²) in [5.74, 6) is -0.384. The molecular weight excluding hydrogens is 292 g/mol. The molecule has 0 fully saturated rings. The number of aryl methyl sites for hydroxylation is 1. The Hall–Kier alpha value is -2.04. The van der Waals surface area contributed by atoms with E-state index in [1.54, 1.807) is 0 Å². The Morgan fingerprint density at radius 1 is 1.35 bits per heavy atom. The number of hydrogen-bond acceptors (Lipinski definition) is 3. The predicted molar refractivity (Wildman–Crippen MR) is 89.0 cm³/mol. The van der Waals surface area contributed by atoms with E-state index in [9.17, 15) is 9.59 Å². The molecule has 23 heavy (non-hydrogen) atoms. The van der Waals surface area contributed by atoms with Crippen LogP contribution in [0.15, 0.2) is 24.3 Å². The van der Waals surface area contributed by atoms with Crippen LogP contribution in [0.25, 0.3) is 0 Å². The summed E-state index contributed by atoms with van der Waals surface area (Å²) in [5.41, 5.74) is 2.46. The van der Waals surface area contributed by atoms with Gasteiger partial charge in [0.2, 0.25) is 0 Å². The number of carbonyl (C=O) groups is 2. The predicted octanol–water partition coefficient (Wildman–Crippen LogP) is 2.95. The highest BCUT2D eigenvalue weighted by Crippen LogP contribution is 2.29. The van der Waals surface area contributed by atoms with Crippen molar-refractivity contribution in [1.82, 2.24) is 10.6 Å². The maximum Gasteiger partial charge on any atom is 0.328 e. The molecule has 3 atom stereocenters. The van der Waals surface area contributed by atoms with E-state index in [2.05, 4.69) is 22.8 Å². The molecule has 5 nitrogen and oxygen atoms in total. The first-order valence-electron chi connectivity index (χ1n) is 8.29. The number of methoxy groups -OCH3 is 1. The van der Waals surface area contributed by atoms with E-state index in [0.717, 1.165) is 25.7 Å². The molecule has 0 unspecified atom stereocenters. The first kappa shape index (κ1) is 17.3. The van der Waals surface area contributed by atoms with E-state index in [1.807, 2.05) is 26.0 Å². The van der Waals surface area contributed by atoms with Crippen molar-refractivity contribution in [2.75, 3.05) is 7.11 Å². The van der Waals surface area contributed by atoms with Crippen LogP contribution in [0.5, 0.6) is 0 Å². The van der Waals surface area contributed by atoms with Gasteiger partial charge in [0.1, 0.15) is 6.04 Å². The Labute approximate surface area is 137 Å². The number of rotatable bonds is 5. The van der Waals surface area contributed by atoms with Crippen LogP contribution in [0.4, 0.5) is 4.79 Å². The van der Waals surface area contributed by atoms with Gasteiger partial charge in [-0.25, -0.2) is 9.59 Å². The third kappa shape index (κ3) is 4.24.